The smallest absolute Gasteiger partial charge is 0.415 e. The fraction of sp³-hybridized carbons (Fsp3) is 0.628. The first kappa shape index (κ1) is 42.6. The molecule has 2 aromatic rings. The predicted molar refractivity (Wildman–Crippen MR) is 222 cm³/mol. The number of carbonyl (C=O) groups excluding carboxylic acids is 5. The highest BCUT2D eigenvalue weighted by molar-refractivity contribution is 7.91. The molecule has 1 aromatic heterocycles. The minimum atomic E-state index is -3.94. The summed E-state index contributed by atoms with van der Waals surface area (Å²) < 4.78 is 51.6. The molecule has 6 aliphatic rings. The number of anilines is 1. The minimum Gasteiger partial charge on any atom is -0.496 e. The van der Waals surface area contributed by atoms with Crippen molar-refractivity contribution in [1.29, 1.82) is 0 Å². The number of nitrogens with zero attached hydrogens (tertiary/aromatic N) is 3. The molecule has 0 radical (unpaired) electrons. The summed E-state index contributed by atoms with van der Waals surface area (Å²) in [5.41, 5.74) is -0.623. The van der Waals surface area contributed by atoms with Crippen molar-refractivity contribution in [2.24, 2.45) is 17.3 Å². The molecule has 330 valence electrons. The molecule has 1 aromatic carbocycles. The van der Waals surface area contributed by atoms with E-state index >= 15 is 4.79 Å². The van der Waals surface area contributed by atoms with Crippen molar-refractivity contribution in [3.63, 3.8) is 0 Å². The van der Waals surface area contributed by atoms with Crippen LogP contribution in [-0.2, 0) is 40.3 Å². The maximum atomic E-state index is 15.0. The van der Waals surface area contributed by atoms with Crippen LogP contribution in [0.25, 0.3) is 10.9 Å². The molecule has 3 saturated carbocycles. The van der Waals surface area contributed by atoms with E-state index in [4.69, 9.17) is 23.9 Å². The Labute approximate surface area is 355 Å². The zero-order valence-electron chi connectivity index (χ0n) is 35.0. The molecule has 18 heteroatoms. The number of aryl methyl sites for hydroxylation is 1. The number of sulfonamides is 1. The van der Waals surface area contributed by atoms with E-state index in [9.17, 15) is 27.6 Å². The van der Waals surface area contributed by atoms with Crippen LogP contribution in [0.4, 0.5) is 15.4 Å². The van der Waals surface area contributed by atoms with Gasteiger partial charge in [-0.3, -0.25) is 24.0 Å². The Hall–Kier alpha value is -5.13. The van der Waals surface area contributed by atoms with Gasteiger partial charge in [-0.2, -0.15) is 0 Å². The molecular formula is C43H56N6O11S. The van der Waals surface area contributed by atoms with Gasteiger partial charge >= 0.3 is 12.2 Å². The number of amides is 5. The summed E-state index contributed by atoms with van der Waals surface area (Å²) in [6, 6.07) is 3.21. The van der Waals surface area contributed by atoms with E-state index in [1.807, 2.05) is 19.9 Å². The van der Waals surface area contributed by atoms with Gasteiger partial charge in [0.1, 0.15) is 47.7 Å². The Balaban J connectivity index is 1.18. The van der Waals surface area contributed by atoms with Crippen molar-refractivity contribution >= 4 is 56.7 Å². The minimum absolute atomic E-state index is 0.0155. The van der Waals surface area contributed by atoms with Crippen LogP contribution in [0.2, 0.25) is 0 Å². The highest BCUT2D eigenvalue weighted by Gasteiger charge is 2.62. The fourth-order valence-corrected chi connectivity index (χ4v) is 10.7. The average molecular weight is 865 g/mol. The number of methoxy groups -OCH3 is 1. The molecule has 5 fully saturated rings. The quantitative estimate of drug-likeness (QED) is 0.302. The summed E-state index contributed by atoms with van der Waals surface area (Å²) in [6.07, 6.45) is 6.59. The number of alkyl carbamates (subject to hydrolysis) is 1. The fourth-order valence-electron chi connectivity index (χ4n) is 9.34. The van der Waals surface area contributed by atoms with Crippen molar-refractivity contribution in [2.45, 2.75) is 120 Å². The highest BCUT2D eigenvalue weighted by Crippen LogP contribution is 2.46. The number of benzene rings is 1. The van der Waals surface area contributed by atoms with Gasteiger partial charge in [-0.1, -0.05) is 39.2 Å². The largest absolute Gasteiger partial charge is 0.496 e. The number of carbonyl (C=O) groups is 5. The number of ether oxygens (including phenoxy) is 4. The zero-order chi connectivity index (χ0) is 43.3. The van der Waals surface area contributed by atoms with Gasteiger partial charge in [-0.05, 0) is 74.3 Å². The molecule has 61 heavy (non-hydrogen) atoms. The van der Waals surface area contributed by atoms with Gasteiger partial charge in [0.25, 0.3) is 5.91 Å². The normalized spacial score (nSPS) is 28.5. The lowest BCUT2D eigenvalue weighted by atomic mass is 9.83. The van der Waals surface area contributed by atoms with E-state index in [1.54, 1.807) is 19.2 Å². The van der Waals surface area contributed by atoms with Crippen LogP contribution in [0.15, 0.2) is 30.9 Å². The summed E-state index contributed by atoms with van der Waals surface area (Å²) in [6.45, 7) is 8.33. The maximum absolute atomic E-state index is 15.0. The Morgan fingerprint density at radius 3 is 2.49 bits per heavy atom. The van der Waals surface area contributed by atoms with Gasteiger partial charge in [-0.25, -0.2) is 23.0 Å². The van der Waals surface area contributed by atoms with Gasteiger partial charge in [-0.15, -0.1) is 6.58 Å². The van der Waals surface area contributed by atoms with Crippen LogP contribution in [0.1, 0.15) is 90.0 Å². The molecule has 4 bridgehead atoms. The number of rotatable bonds is 9. The summed E-state index contributed by atoms with van der Waals surface area (Å²) in [4.78, 5) is 77.4. The first-order chi connectivity index (χ1) is 29.1. The van der Waals surface area contributed by atoms with Gasteiger partial charge in [0, 0.05) is 29.9 Å². The second-order valence-corrected chi connectivity index (χ2v) is 20.2. The molecule has 5 atom stereocenters. The third kappa shape index (κ3) is 8.82. The van der Waals surface area contributed by atoms with Crippen LogP contribution in [0.5, 0.6) is 11.5 Å². The van der Waals surface area contributed by atoms with E-state index in [0.29, 0.717) is 66.7 Å². The second kappa shape index (κ2) is 16.6. The van der Waals surface area contributed by atoms with Crippen molar-refractivity contribution in [2.75, 3.05) is 38.3 Å². The van der Waals surface area contributed by atoms with E-state index < -0.39 is 80.2 Å². The molecule has 4 heterocycles. The molecule has 3 N–H and O–H groups in total. The number of pyridine rings is 1. The molecule has 3 aliphatic carbocycles. The van der Waals surface area contributed by atoms with E-state index in [1.165, 1.54) is 15.9 Å². The summed E-state index contributed by atoms with van der Waals surface area (Å²) in [5, 5.41) is 5.71. The molecule has 3 aliphatic heterocycles. The highest BCUT2D eigenvalue weighted by atomic mass is 32.2. The van der Waals surface area contributed by atoms with Crippen molar-refractivity contribution < 1.29 is 51.3 Å². The Bertz CT molecular complexity index is 2220. The standard InChI is InChI=1S/C43H56N6O11S/c1-5-27-22-43(27,39(52)47-61(55,56)29-13-14-29)46-37(50)32-19-28-23-49(32)38(51)36(25-10-7-6-8-11-25)45-40(53)59-24-42(2,3)15-9-12-26-18-30-31(20-33(26)57-4)44-35(21-34(30)60-28)48-16-17-58-41(48)54/h5,18,20-21,25,27-29,32,36H,1,6-17,19,22-24H2,2-4H3,(H,45,53)(H,46,50)(H,47,52)/t27-,28-,32+,36+,43-/m1/s1. The van der Waals surface area contributed by atoms with Crippen LogP contribution in [0.3, 0.4) is 0 Å². The molecule has 5 amide bonds. The Morgan fingerprint density at radius 1 is 1.05 bits per heavy atom. The second-order valence-electron chi connectivity index (χ2n) is 18.2. The number of hydrogen-bond donors (Lipinski definition) is 3. The van der Waals surface area contributed by atoms with Gasteiger partial charge in [0.15, 0.2) is 0 Å². The predicted octanol–water partition coefficient (Wildman–Crippen LogP) is 4.26. The summed E-state index contributed by atoms with van der Waals surface area (Å²) in [5.74, 6) is -1.54. The molecule has 0 unspecified atom stereocenters. The third-order valence-corrected chi connectivity index (χ3v) is 15.0. The van der Waals surface area contributed by atoms with E-state index in [0.717, 1.165) is 31.2 Å². The average Bonchev–Trinajstić information content (AvgIpc) is 4.13. The monoisotopic (exact) mass is 864 g/mol. The van der Waals surface area contributed by atoms with Crippen molar-refractivity contribution in [1.82, 2.24) is 25.2 Å². The number of cyclic esters (lactones) is 2. The Morgan fingerprint density at radius 2 is 1.82 bits per heavy atom. The van der Waals surface area contributed by atoms with Crippen LogP contribution in [-0.4, -0.2) is 111 Å². The molecule has 2 saturated heterocycles. The molecule has 8 rings (SSSR count). The van der Waals surface area contributed by atoms with Crippen molar-refractivity contribution in [3.8, 4) is 11.5 Å². The Kier molecular flexibility index (Phi) is 11.6. The SMILES string of the molecule is C=C[C@@H]1C[C@]1(NC(=O)[C@@H]1C[C@@H]2CN1C(=O)[C@H](C1CCCCC1)NC(=O)OCC(C)(C)CCCc1cc3c(cc(N4CCOC4=O)nc3cc1OC)O2)C(=O)NS(=O)(=O)C1CC1. The number of aromatic nitrogens is 1. The third-order valence-electron chi connectivity index (χ3n) is 13.1. The zero-order valence-corrected chi connectivity index (χ0v) is 35.9. The van der Waals surface area contributed by atoms with E-state index in [2.05, 4.69) is 21.9 Å². The van der Waals surface area contributed by atoms with E-state index in [-0.39, 0.29) is 45.1 Å². The lowest BCUT2D eigenvalue weighted by Crippen LogP contribution is -2.59. The van der Waals surface area contributed by atoms with Crippen LogP contribution >= 0.6 is 0 Å². The lowest BCUT2D eigenvalue weighted by molar-refractivity contribution is -0.142. The summed E-state index contributed by atoms with van der Waals surface area (Å²) >= 11 is 0. The number of hydrogen-bond acceptors (Lipinski definition) is 12. The molecular weight excluding hydrogens is 809 g/mol. The van der Waals surface area contributed by atoms with Gasteiger partial charge in [0.05, 0.1) is 37.6 Å². The summed E-state index contributed by atoms with van der Waals surface area (Å²) in [7, 11) is -2.36. The van der Waals surface area contributed by atoms with Crippen LogP contribution < -0.4 is 29.7 Å². The number of nitrogens with one attached hydrogen (secondary N) is 3. The molecule has 17 nitrogen and oxygen atoms in total. The van der Waals surface area contributed by atoms with Crippen molar-refractivity contribution in [3.05, 3.63) is 36.4 Å². The lowest BCUT2D eigenvalue weighted by Gasteiger charge is -2.35. The number of fused-ring (bicyclic) bond motifs is 3. The first-order valence-electron chi connectivity index (χ1n) is 21.5. The maximum Gasteiger partial charge on any atom is 0.415 e. The van der Waals surface area contributed by atoms with Gasteiger partial charge < -0.3 is 34.5 Å². The topological polar surface area (TPSA) is 212 Å². The first-order valence-corrected chi connectivity index (χ1v) is 23.0. The van der Waals surface area contributed by atoms with Crippen LogP contribution in [0, 0.1) is 17.3 Å². The molecule has 0 spiro atoms. The van der Waals surface area contributed by atoms with Gasteiger partial charge in [0.2, 0.25) is 21.8 Å².